The second kappa shape index (κ2) is 5.24. The molecule has 2 aliphatic heterocycles. The molecular formula is C12H24N2O2S. The van der Waals surface area contributed by atoms with Crippen LogP contribution in [0.25, 0.3) is 0 Å². The van der Waals surface area contributed by atoms with Crippen LogP contribution in [0.4, 0.5) is 0 Å². The Balaban J connectivity index is 1.98. The molecule has 2 aliphatic rings. The van der Waals surface area contributed by atoms with Crippen molar-refractivity contribution in [2.75, 3.05) is 25.4 Å². The molecule has 0 aromatic heterocycles. The van der Waals surface area contributed by atoms with E-state index in [1.807, 2.05) is 6.92 Å². The van der Waals surface area contributed by atoms with E-state index < -0.39 is 10.0 Å². The minimum absolute atomic E-state index is 0.191. The summed E-state index contributed by atoms with van der Waals surface area (Å²) in [7, 11) is -3.04. The van der Waals surface area contributed by atoms with Crippen LogP contribution in [0.3, 0.4) is 0 Å². The smallest absolute Gasteiger partial charge is 0.214 e. The molecule has 2 fully saturated rings. The van der Waals surface area contributed by atoms with Gasteiger partial charge in [0, 0.05) is 12.6 Å². The number of nitrogens with zero attached hydrogens (tertiary/aromatic N) is 1. The first-order valence-electron chi connectivity index (χ1n) is 6.69. The van der Waals surface area contributed by atoms with Crippen molar-refractivity contribution < 1.29 is 8.42 Å². The van der Waals surface area contributed by atoms with Crippen LogP contribution in [-0.2, 0) is 10.0 Å². The molecule has 2 heterocycles. The summed E-state index contributed by atoms with van der Waals surface area (Å²) in [6.07, 6.45) is 3.00. The summed E-state index contributed by atoms with van der Waals surface area (Å²) in [5.74, 6) is 1.21. The lowest BCUT2D eigenvalue weighted by molar-refractivity contribution is 0.372. The fourth-order valence-corrected chi connectivity index (χ4v) is 5.33. The number of hydrogen-bond acceptors (Lipinski definition) is 3. The van der Waals surface area contributed by atoms with Gasteiger partial charge in [-0.2, -0.15) is 4.31 Å². The normalized spacial score (nSPS) is 33.1. The van der Waals surface area contributed by atoms with E-state index >= 15 is 0 Å². The average molecular weight is 260 g/mol. The lowest BCUT2D eigenvalue weighted by atomic mass is 10.0. The van der Waals surface area contributed by atoms with E-state index in [-0.39, 0.29) is 6.04 Å². The molecule has 2 saturated heterocycles. The summed E-state index contributed by atoms with van der Waals surface area (Å²) in [6, 6.07) is 0.191. The third-order valence-corrected chi connectivity index (χ3v) is 6.11. The summed E-state index contributed by atoms with van der Waals surface area (Å²) in [5, 5.41) is 3.28. The highest BCUT2D eigenvalue weighted by Gasteiger charge is 2.36. The van der Waals surface area contributed by atoms with E-state index in [9.17, 15) is 8.42 Å². The Bertz CT molecular complexity index is 350. The van der Waals surface area contributed by atoms with Crippen LogP contribution in [0, 0.1) is 11.8 Å². The number of sulfonamides is 1. The maximum atomic E-state index is 12.4. The van der Waals surface area contributed by atoms with Gasteiger partial charge >= 0.3 is 0 Å². The van der Waals surface area contributed by atoms with E-state index in [0.29, 0.717) is 24.1 Å². The first kappa shape index (κ1) is 13.3. The number of nitrogens with one attached hydrogen (secondary N) is 1. The van der Waals surface area contributed by atoms with Gasteiger partial charge in [0.2, 0.25) is 10.0 Å². The van der Waals surface area contributed by atoms with Crippen molar-refractivity contribution in [2.24, 2.45) is 11.8 Å². The summed E-state index contributed by atoms with van der Waals surface area (Å²) >= 11 is 0. The monoisotopic (exact) mass is 260 g/mol. The molecule has 1 N–H and O–H groups in total. The zero-order chi connectivity index (χ0) is 12.5. The Hall–Kier alpha value is -0.130. The lowest BCUT2D eigenvalue weighted by Gasteiger charge is -2.27. The molecule has 0 amide bonds. The molecule has 100 valence electrons. The van der Waals surface area contributed by atoms with Crippen molar-refractivity contribution in [2.45, 2.75) is 39.2 Å². The van der Waals surface area contributed by atoms with Crippen molar-refractivity contribution in [1.29, 1.82) is 0 Å². The van der Waals surface area contributed by atoms with Gasteiger partial charge < -0.3 is 5.32 Å². The van der Waals surface area contributed by atoms with Crippen LogP contribution in [0.1, 0.15) is 33.1 Å². The molecule has 5 heteroatoms. The molecule has 0 spiro atoms. The maximum absolute atomic E-state index is 12.4. The van der Waals surface area contributed by atoms with Crippen LogP contribution >= 0.6 is 0 Å². The van der Waals surface area contributed by atoms with E-state index in [0.717, 1.165) is 32.4 Å². The highest BCUT2D eigenvalue weighted by Crippen LogP contribution is 2.27. The van der Waals surface area contributed by atoms with Gasteiger partial charge in [-0.15, -0.1) is 0 Å². The Morgan fingerprint density at radius 3 is 2.41 bits per heavy atom. The second-order valence-corrected chi connectivity index (χ2v) is 7.70. The van der Waals surface area contributed by atoms with Gasteiger partial charge in [0.25, 0.3) is 0 Å². The van der Waals surface area contributed by atoms with Crippen molar-refractivity contribution in [3.63, 3.8) is 0 Å². The fraction of sp³-hybridized carbons (Fsp3) is 1.00. The SMILES string of the molecule is CC1CC(C)N(S(=O)(=O)CC2CCNCC2)C1. The first-order chi connectivity index (χ1) is 7.99. The fourth-order valence-electron chi connectivity index (χ4n) is 3.09. The summed E-state index contributed by atoms with van der Waals surface area (Å²) in [4.78, 5) is 0. The maximum Gasteiger partial charge on any atom is 0.214 e. The van der Waals surface area contributed by atoms with Crippen LogP contribution in [-0.4, -0.2) is 44.2 Å². The Kier molecular flexibility index (Phi) is 4.10. The Labute approximate surface area is 105 Å². The molecule has 0 aromatic rings. The zero-order valence-electron chi connectivity index (χ0n) is 10.9. The minimum atomic E-state index is -3.04. The Morgan fingerprint density at radius 1 is 1.24 bits per heavy atom. The molecule has 2 rings (SSSR count). The predicted molar refractivity (Wildman–Crippen MR) is 69.3 cm³/mol. The van der Waals surface area contributed by atoms with E-state index in [4.69, 9.17) is 0 Å². The highest BCUT2D eigenvalue weighted by molar-refractivity contribution is 7.89. The molecule has 0 bridgehead atoms. The van der Waals surface area contributed by atoms with Crippen LogP contribution in [0.15, 0.2) is 0 Å². The number of rotatable bonds is 3. The summed E-state index contributed by atoms with van der Waals surface area (Å²) in [6.45, 7) is 6.81. The van der Waals surface area contributed by atoms with Gasteiger partial charge in [-0.05, 0) is 51.1 Å². The quantitative estimate of drug-likeness (QED) is 0.825. The van der Waals surface area contributed by atoms with E-state index in [2.05, 4.69) is 12.2 Å². The van der Waals surface area contributed by atoms with Gasteiger partial charge in [0.05, 0.1) is 5.75 Å². The molecule has 2 atom stereocenters. The molecular weight excluding hydrogens is 236 g/mol. The molecule has 0 saturated carbocycles. The minimum Gasteiger partial charge on any atom is -0.317 e. The molecule has 0 aliphatic carbocycles. The van der Waals surface area contributed by atoms with Gasteiger partial charge in [-0.1, -0.05) is 6.92 Å². The van der Waals surface area contributed by atoms with Gasteiger partial charge in [-0.25, -0.2) is 8.42 Å². The third kappa shape index (κ3) is 3.20. The summed E-state index contributed by atoms with van der Waals surface area (Å²) in [5.41, 5.74) is 0. The molecule has 17 heavy (non-hydrogen) atoms. The highest BCUT2D eigenvalue weighted by atomic mass is 32.2. The van der Waals surface area contributed by atoms with Crippen LogP contribution in [0.2, 0.25) is 0 Å². The lowest BCUT2D eigenvalue weighted by Crippen LogP contribution is -2.40. The van der Waals surface area contributed by atoms with Crippen molar-refractivity contribution in [3.8, 4) is 0 Å². The van der Waals surface area contributed by atoms with Crippen LogP contribution in [0.5, 0.6) is 0 Å². The molecule has 0 radical (unpaired) electrons. The topological polar surface area (TPSA) is 49.4 Å². The summed E-state index contributed by atoms with van der Waals surface area (Å²) < 4.78 is 26.5. The molecule has 4 nitrogen and oxygen atoms in total. The van der Waals surface area contributed by atoms with Gasteiger partial charge in [0.15, 0.2) is 0 Å². The largest absolute Gasteiger partial charge is 0.317 e. The van der Waals surface area contributed by atoms with Crippen LogP contribution < -0.4 is 5.32 Å². The number of piperidine rings is 1. The van der Waals surface area contributed by atoms with E-state index in [1.54, 1.807) is 4.31 Å². The Morgan fingerprint density at radius 2 is 1.88 bits per heavy atom. The zero-order valence-corrected chi connectivity index (χ0v) is 11.7. The average Bonchev–Trinajstić information content (AvgIpc) is 2.59. The van der Waals surface area contributed by atoms with Crippen molar-refractivity contribution in [3.05, 3.63) is 0 Å². The second-order valence-electron chi connectivity index (χ2n) is 5.73. The van der Waals surface area contributed by atoms with Gasteiger partial charge in [0.1, 0.15) is 0 Å². The third-order valence-electron chi connectivity index (χ3n) is 3.99. The standard InChI is InChI=1S/C12H24N2O2S/c1-10-7-11(2)14(8-10)17(15,16)9-12-3-5-13-6-4-12/h10-13H,3-9H2,1-2H3. The van der Waals surface area contributed by atoms with Crippen molar-refractivity contribution >= 4 is 10.0 Å². The number of hydrogen-bond donors (Lipinski definition) is 1. The predicted octanol–water partition coefficient (Wildman–Crippen LogP) is 1.05. The van der Waals surface area contributed by atoms with E-state index in [1.165, 1.54) is 0 Å². The molecule has 2 unspecified atom stereocenters. The first-order valence-corrected chi connectivity index (χ1v) is 8.30. The van der Waals surface area contributed by atoms with Crippen molar-refractivity contribution in [1.82, 2.24) is 9.62 Å². The van der Waals surface area contributed by atoms with Gasteiger partial charge in [-0.3, -0.25) is 0 Å². The molecule has 0 aromatic carbocycles.